The molecule has 0 aliphatic carbocycles. The van der Waals surface area contributed by atoms with Crippen LogP contribution in [0.4, 0.5) is 11.4 Å². The summed E-state index contributed by atoms with van der Waals surface area (Å²) >= 11 is 0.974. The number of carboxylic acid groups (broad SMARTS) is 1. The number of carbonyl (C=O) groups excluding carboxylic acids is 1. The molecule has 0 fully saturated rings. The molecular weight excluding hydrogens is 280 g/mol. The number of aryl methyl sites for hydroxylation is 1. The van der Waals surface area contributed by atoms with Crippen LogP contribution >= 0.6 is 11.5 Å². The number of nitrogens with zero attached hydrogens (tertiary/aromatic N) is 3. The van der Waals surface area contributed by atoms with Crippen molar-refractivity contribution in [3.63, 3.8) is 0 Å². The van der Waals surface area contributed by atoms with Crippen LogP contribution in [0, 0.1) is 6.92 Å². The van der Waals surface area contributed by atoms with E-state index in [4.69, 9.17) is 5.73 Å². The van der Waals surface area contributed by atoms with Crippen molar-refractivity contribution in [2.75, 3.05) is 17.7 Å². The molecule has 2 rings (SSSR count). The molecule has 0 aliphatic heterocycles. The molecule has 3 N–H and O–H groups in total. The summed E-state index contributed by atoms with van der Waals surface area (Å²) in [6.45, 7) is 1.67. The van der Waals surface area contributed by atoms with Crippen LogP contribution in [0.5, 0.6) is 0 Å². The zero-order valence-corrected chi connectivity index (χ0v) is 11.6. The SMILES string of the molecule is Cc1nnsc1C(=O)N(C)c1ccc(N)cc1C(=O)O. The van der Waals surface area contributed by atoms with Crippen LogP contribution in [0.25, 0.3) is 0 Å². The van der Waals surface area contributed by atoms with Crippen molar-refractivity contribution < 1.29 is 14.7 Å². The smallest absolute Gasteiger partial charge is 0.337 e. The van der Waals surface area contributed by atoms with Gasteiger partial charge < -0.3 is 15.7 Å². The first kappa shape index (κ1) is 13.9. The van der Waals surface area contributed by atoms with Crippen molar-refractivity contribution in [1.29, 1.82) is 0 Å². The second-order valence-electron chi connectivity index (χ2n) is 4.13. The van der Waals surface area contributed by atoms with E-state index in [1.165, 1.54) is 24.1 Å². The largest absolute Gasteiger partial charge is 0.478 e. The van der Waals surface area contributed by atoms with Crippen molar-refractivity contribution >= 4 is 34.8 Å². The third-order valence-corrected chi connectivity index (χ3v) is 3.58. The van der Waals surface area contributed by atoms with Gasteiger partial charge in [0.2, 0.25) is 0 Å². The van der Waals surface area contributed by atoms with Gasteiger partial charge in [-0.25, -0.2) is 4.79 Å². The molecule has 0 spiro atoms. The number of benzene rings is 1. The molecule has 8 heteroatoms. The molecular formula is C12H12N4O3S. The molecule has 1 amide bonds. The minimum Gasteiger partial charge on any atom is -0.478 e. The van der Waals surface area contributed by atoms with Crippen LogP contribution in [0.1, 0.15) is 25.7 Å². The van der Waals surface area contributed by atoms with Crippen LogP contribution in [-0.2, 0) is 0 Å². The lowest BCUT2D eigenvalue weighted by molar-refractivity contribution is 0.0698. The van der Waals surface area contributed by atoms with Gasteiger partial charge in [-0.05, 0) is 36.7 Å². The molecule has 7 nitrogen and oxygen atoms in total. The lowest BCUT2D eigenvalue weighted by Crippen LogP contribution is -2.27. The van der Waals surface area contributed by atoms with Gasteiger partial charge in [-0.3, -0.25) is 4.79 Å². The topological polar surface area (TPSA) is 109 Å². The van der Waals surface area contributed by atoms with E-state index < -0.39 is 5.97 Å². The summed E-state index contributed by atoms with van der Waals surface area (Å²) in [6, 6.07) is 4.36. The molecule has 20 heavy (non-hydrogen) atoms. The van der Waals surface area contributed by atoms with Crippen molar-refractivity contribution in [3.8, 4) is 0 Å². The summed E-state index contributed by atoms with van der Waals surface area (Å²) in [5.41, 5.74) is 6.65. The van der Waals surface area contributed by atoms with Gasteiger partial charge in [-0.1, -0.05) is 4.49 Å². The molecule has 0 radical (unpaired) electrons. The molecule has 2 aromatic rings. The van der Waals surface area contributed by atoms with E-state index in [0.29, 0.717) is 16.3 Å². The quantitative estimate of drug-likeness (QED) is 0.828. The predicted molar refractivity (Wildman–Crippen MR) is 75.2 cm³/mol. The van der Waals surface area contributed by atoms with Crippen LogP contribution in [-0.4, -0.2) is 33.6 Å². The Balaban J connectivity index is 2.44. The molecule has 0 unspecified atom stereocenters. The monoisotopic (exact) mass is 292 g/mol. The first-order chi connectivity index (χ1) is 9.41. The second kappa shape index (κ2) is 5.25. The van der Waals surface area contributed by atoms with E-state index in [1.54, 1.807) is 13.0 Å². The molecule has 0 aliphatic rings. The third-order valence-electron chi connectivity index (χ3n) is 2.76. The van der Waals surface area contributed by atoms with E-state index in [2.05, 4.69) is 9.59 Å². The van der Waals surface area contributed by atoms with Crippen molar-refractivity contribution in [2.45, 2.75) is 6.92 Å². The predicted octanol–water partition coefficient (Wildman–Crippen LogP) is 1.40. The minimum absolute atomic E-state index is 0.0315. The number of nitrogens with two attached hydrogens (primary N) is 1. The van der Waals surface area contributed by atoms with E-state index in [0.717, 1.165) is 11.5 Å². The maximum Gasteiger partial charge on any atom is 0.337 e. The standard InChI is InChI=1S/C12H12N4O3S/c1-6-10(20-15-14-6)11(17)16(2)9-4-3-7(13)5-8(9)12(18)19/h3-5H,13H2,1-2H3,(H,18,19). The normalized spacial score (nSPS) is 10.3. The van der Waals surface area contributed by atoms with Crippen LogP contribution < -0.4 is 10.6 Å². The number of hydrogen-bond donors (Lipinski definition) is 2. The number of anilines is 2. The average Bonchev–Trinajstić information content (AvgIpc) is 2.83. The fourth-order valence-electron chi connectivity index (χ4n) is 1.71. The molecule has 0 saturated carbocycles. The number of aromatic carboxylic acids is 1. The molecule has 0 saturated heterocycles. The van der Waals surface area contributed by atoms with E-state index >= 15 is 0 Å². The fourth-order valence-corrected chi connectivity index (χ4v) is 2.34. The molecule has 0 atom stereocenters. The van der Waals surface area contributed by atoms with Crippen LogP contribution in [0.3, 0.4) is 0 Å². The Morgan fingerprint density at radius 1 is 1.40 bits per heavy atom. The highest BCUT2D eigenvalue weighted by atomic mass is 32.1. The average molecular weight is 292 g/mol. The van der Waals surface area contributed by atoms with Crippen molar-refractivity contribution in [2.24, 2.45) is 0 Å². The maximum absolute atomic E-state index is 12.3. The van der Waals surface area contributed by atoms with E-state index in [1.807, 2.05) is 0 Å². The first-order valence-corrected chi connectivity index (χ1v) is 6.39. The lowest BCUT2D eigenvalue weighted by atomic mass is 10.1. The van der Waals surface area contributed by atoms with Gasteiger partial charge in [0.25, 0.3) is 5.91 Å². The molecule has 1 aromatic carbocycles. The Hall–Kier alpha value is -2.48. The highest BCUT2D eigenvalue weighted by molar-refractivity contribution is 7.08. The fraction of sp³-hybridized carbons (Fsp3) is 0.167. The summed E-state index contributed by atoms with van der Waals surface area (Å²) in [7, 11) is 1.50. The molecule has 104 valence electrons. The van der Waals surface area contributed by atoms with E-state index in [9.17, 15) is 14.7 Å². The molecule has 1 heterocycles. The zero-order chi connectivity index (χ0) is 14.9. The maximum atomic E-state index is 12.3. The third kappa shape index (κ3) is 2.45. The summed E-state index contributed by atoms with van der Waals surface area (Å²) in [5, 5.41) is 13.0. The van der Waals surface area contributed by atoms with Crippen molar-refractivity contribution in [3.05, 3.63) is 34.3 Å². The van der Waals surface area contributed by atoms with E-state index in [-0.39, 0.29) is 17.2 Å². The number of hydrogen-bond acceptors (Lipinski definition) is 6. The number of rotatable bonds is 3. The Kier molecular flexibility index (Phi) is 3.66. The van der Waals surface area contributed by atoms with Gasteiger partial charge in [-0.15, -0.1) is 5.10 Å². The highest BCUT2D eigenvalue weighted by Gasteiger charge is 2.22. The molecule has 0 bridgehead atoms. The van der Waals surface area contributed by atoms with Crippen LogP contribution in [0.15, 0.2) is 18.2 Å². The second-order valence-corrected chi connectivity index (χ2v) is 4.89. The summed E-state index contributed by atoms with van der Waals surface area (Å²) in [5.74, 6) is -1.50. The van der Waals surface area contributed by atoms with Gasteiger partial charge in [-0.2, -0.15) is 0 Å². The van der Waals surface area contributed by atoms with Crippen LogP contribution in [0.2, 0.25) is 0 Å². The van der Waals surface area contributed by atoms with Gasteiger partial charge >= 0.3 is 5.97 Å². The van der Waals surface area contributed by atoms with Gasteiger partial charge in [0, 0.05) is 12.7 Å². The Morgan fingerprint density at radius 3 is 2.65 bits per heavy atom. The Labute approximate surface area is 118 Å². The van der Waals surface area contributed by atoms with Gasteiger partial charge in [0.15, 0.2) is 0 Å². The minimum atomic E-state index is -1.15. The molecule has 1 aromatic heterocycles. The number of aromatic nitrogens is 2. The number of carbonyl (C=O) groups is 2. The van der Waals surface area contributed by atoms with Gasteiger partial charge in [0.05, 0.1) is 16.9 Å². The summed E-state index contributed by atoms with van der Waals surface area (Å²) < 4.78 is 3.70. The Bertz CT molecular complexity index is 683. The highest BCUT2D eigenvalue weighted by Crippen LogP contribution is 2.25. The summed E-state index contributed by atoms with van der Waals surface area (Å²) in [6.07, 6.45) is 0. The summed E-state index contributed by atoms with van der Waals surface area (Å²) in [4.78, 5) is 25.2. The lowest BCUT2D eigenvalue weighted by Gasteiger charge is -2.19. The van der Waals surface area contributed by atoms with Gasteiger partial charge in [0.1, 0.15) is 4.88 Å². The first-order valence-electron chi connectivity index (χ1n) is 5.61. The number of nitrogen functional groups attached to an aromatic ring is 1. The van der Waals surface area contributed by atoms with Crippen molar-refractivity contribution in [1.82, 2.24) is 9.59 Å². The number of carboxylic acids is 1. The Morgan fingerprint density at radius 2 is 2.10 bits per heavy atom. The number of amides is 1. The zero-order valence-electron chi connectivity index (χ0n) is 10.8.